The van der Waals surface area contributed by atoms with Crippen molar-refractivity contribution < 1.29 is 0 Å². The van der Waals surface area contributed by atoms with E-state index in [1.807, 2.05) is 32.0 Å². The molecule has 3 heteroatoms. The van der Waals surface area contributed by atoms with Crippen LogP contribution in [0.25, 0.3) is 11.0 Å². The van der Waals surface area contributed by atoms with Crippen LogP contribution in [-0.2, 0) is 13.5 Å². The largest absolute Gasteiger partial charge is 0.326 e. The van der Waals surface area contributed by atoms with E-state index in [0.717, 1.165) is 17.5 Å². The van der Waals surface area contributed by atoms with Gasteiger partial charge in [0.25, 0.3) is 0 Å². The second-order valence-corrected chi connectivity index (χ2v) is 3.19. The predicted octanol–water partition coefficient (Wildman–Crippen LogP) is 2.46. The Bertz CT molecular complexity index is 494. The van der Waals surface area contributed by atoms with Crippen LogP contribution in [0.4, 0.5) is 0 Å². The van der Waals surface area contributed by atoms with Crippen LogP contribution in [0, 0.1) is 0 Å². The summed E-state index contributed by atoms with van der Waals surface area (Å²) in [5.41, 5.74) is 3.08. The molecule has 0 atom stereocenters. The molecule has 15 heavy (non-hydrogen) atoms. The van der Waals surface area contributed by atoms with Crippen molar-refractivity contribution >= 4 is 11.0 Å². The molecule has 1 aromatic carbocycles. The lowest BCUT2D eigenvalue weighted by Crippen LogP contribution is -2.11. The van der Waals surface area contributed by atoms with Gasteiger partial charge in [0.2, 0.25) is 0 Å². The number of nitrogens with one attached hydrogen (secondary N) is 1. The predicted molar refractivity (Wildman–Crippen MR) is 64.3 cm³/mol. The first-order chi connectivity index (χ1) is 7.22. The van der Waals surface area contributed by atoms with Gasteiger partial charge in [-0.1, -0.05) is 26.8 Å². The highest BCUT2D eigenvalue weighted by Crippen LogP contribution is 2.11. The number of hydrogen-bond acceptors (Lipinski definition) is 1. The van der Waals surface area contributed by atoms with Gasteiger partial charge in [-0.25, -0.2) is 4.79 Å². The van der Waals surface area contributed by atoms with E-state index >= 15 is 0 Å². The van der Waals surface area contributed by atoms with E-state index in [1.165, 1.54) is 5.56 Å². The number of H-pyrrole nitrogens is 1. The number of imidazole rings is 1. The Morgan fingerprint density at radius 1 is 1.33 bits per heavy atom. The van der Waals surface area contributed by atoms with Gasteiger partial charge in [0.15, 0.2) is 0 Å². The molecule has 0 radical (unpaired) electrons. The lowest BCUT2D eigenvalue weighted by atomic mass is 10.1. The molecule has 0 bridgehead atoms. The summed E-state index contributed by atoms with van der Waals surface area (Å²) < 4.78 is 1.63. The normalized spacial score (nSPS) is 9.87. The molecule has 0 spiro atoms. The maximum atomic E-state index is 11.2. The Kier molecular flexibility index (Phi) is 3.72. The van der Waals surface area contributed by atoms with Crippen molar-refractivity contribution in [2.45, 2.75) is 27.2 Å². The molecule has 0 fully saturated rings. The van der Waals surface area contributed by atoms with E-state index in [2.05, 4.69) is 11.9 Å². The lowest BCUT2D eigenvalue weighted by Gasteiger charge is -1.97. The number of aromatic amines is 1. The summed E-state index contributed by atoms with van der Waals surface area (Å²) in [7, 11) is 1.78. The monoisotopic (exact) mass is 206 g/mol. The molecule has 2 rings (SSSR count). The Labute approximate surface area is 89.7 Å². The molecule has 2 aromatic rings. The SMILES string of the molecule is CC.CCc1ccc2[nH]c(=O)n(C)c2c1. The Morgan fingerprint density at radius 2 is 2.00 bits per heavy atom. The van der Waals surface area contributed by atoms with Crippen molar-refractivity contribution in [2.75, 3.05) is 0 Å². The van der Waals surface area contributed by atoms with E-state index in [4.69, 9.17) is 0 Å². The fourth-order valence-electron chi connectivity index (χ4n) is 1.49. The van der Waals surface area contributed by atoms with Crippen molar-refractivity contribution in [1.82, 2.24) is 9.55 Å². The number of nitrogens with zero attached hydrogens (tertiary/aromatic N) is 1. The maximum Gasteiger partial charge on any atom is 0.326 e. The zero-order valence-electron chi connectivity index (χ0n) is 9.79. The van der Waals surface area contributed by atoms with E-state index in [9.17, 15) is 4.79 Å². The summed E-state index contributed by atoms with van der Waals surface area (Å²) in [5.74, 6) is 0. The fourth-order valence-corrected chi connectivity index (χ4v) is 1.49. The molecule has 1 aromatic heterocycles. The van der Waals surface area contributed by atoms with Gasteiger partial charge in [-0.05, 0) is 24.1 Å². The Balaban J connectivity index is 0.000000531. The van der Waals surface area contributed by atoms with E-state index in [0.29, 0.717) is 0 Å². The molecule has 0 saturated heterocycles. The van der Waals surface area contributed by atoms with Crippen LogP contribution >= 0.6 is 0 Å². The second-order valence-electron chi connectivity index (χ2n) is 3.19. The first kappa shape index (κ1) is 11.6. The van der Waals surface area contributed by atoms with Crippen LogP contribution in [0.2, 0.25) is 0 Å². The average Bonchev–Trinajstić information content (AvgIpc) is 2.57. The van der Waals surface area contributed by atoms with E-state index in [-0.39, 0.29) is 5.69 Å². The van der Waals surface area contributed by atoms with Crippen molar-refractivity contribution in [3.63, 3.8) is 0 Å². The topological polar surface area (TPSA) is 37.8 Å². The van der Waals surface area contributed by atoms with Crippen LogP contribution in [0.1, 0.15) is 26.3 Å². The third-order valence-electron chi connectivity index (χ3n) is 2.38. The second kappa shape index (κ2) is 4.82. The molecule has 0 aliphatic rings. The van der Waals surface area contributed by atoms with Gasteiger partial charge < -0.3 is 4.98 Å². The van der Waals surface area contributed by atoms with Crippen molar-refractivity contribution in [2.24, 2.45) is 7.05 Å². The van der Waals surface area contributed by atoms with Crippen molar-refractivity contribution in [1.29, 1.82) is 0 Å². The highest BCUT2D eigenvalue weighted by atomic mass is 16.1. The quantitative estimate of drug-likeness (QED) is 0.764. The molecule has 82 valence electrons. The minimum atomic E-state index is -0.0525. The van der Waals surface area contributed by atoms with Gasteiger partial charge >= 0.3 is 5.69 Å². The molecule has 3 nitrogen and oxygen atoms in total. The third kappa shape index (κ3) is 2.12. The van der Waals surface area contributed by atoms with Gasteiger partial charge in [0.1, 0.15) is 0 Å². The summed E-state index contributed by atoms with van der Waals surface area (Å²) in [6, 6.07) is 6.04. The summed E-state index contributed by atoms with van der Waals surface area (Å²) in [4.78, 5) is 14.0. The summed E-state index contributed by atoms with van der Waals surface area (Å²) in [6.07, 6.45) is 0.995. The van der Waals surface area contributed by atoms with Gasteiger partial charge in [0.05, 0.1) is 11.0 Å². The molecular formula is C12H18N2O. The maximum absolute atomic E-state index is 11.2. The standard InChI is InChI=1S/C10H12N2O.C2H6/c1-3-7-4-5-8-9(6-7)12(2)10(13)11-8;1-2/h4-6H,3H2,1-2H3,(H,11,13);1-2H3. The molecule has 0 saturated carbocycles. The number of benzene rings is 1. The van der Waals surface area contributed by atoms with E-state index in [1.54, 1.807) is 11.6 Å². The van der Waals surface area contributed by atoms with Gasteiger partial charge in [-0.2, -0.15) is 0 Å². The average molecular weight is 206 g/mol. The highest BCUT2D eigenvalue weighted by Gasteiger charge is 2.02. The number of rotatable bonds is 1. The third-order valence-corrected chi connectivity index (χ3v) is 2.38. The van der Waals surface area contributed by atoms with Crippen LogP contribution < -0.4 is 5.69 Å². The minimum absolute atomic E-state index is 0.0525. The number of fused-ring (bicyclic) bond motifs is 1. The van der Waals surface area contributed by atoms with Crippen LogP contribution in [0.5, 0.6) is 0 Å². The molecule has 0 unspecified atom stereocenters. The number of aryl methyl sites for hydroxylation is 2. The number of aromatic nitrogens is 2. The zero-order chi connectivity index (χ0) is 11.4. The van der Waals surface area contributed by atoms with Gasteiger partial charge in [-0.15, -0.1) is 0 Å². The molecule has 1 N–H and O–H groups in total. The van der Waals surface area contributed by atoms with Crippen LogP contribution in [0.3, 0.4) is 0 Å². The lowest BCUT2D eigenvalue weighted by molar-refractivity contribution is 0.890. The molecule has 0 amide bonds. The molecule has 1 heterocycles. The van der Waals surface area contributed by atoms with Gasteiger partial charge in [0, 0.05) is 7.05 Å². The smallest absolute Gasteiger partial charge is 0.306 e. The van der Waals surface area contributed by atoms with Gasteiger partial charge in [-0.3, -0.25) is 4.57 Å². The zero-order valence-corrected chi connectivity index (χ0v) is 9.79. The number of hydrogen-bond donors (Lipinski definition) is 1. The van der Waals surface area contributed by atoms with E-state index < -0.39 is 0 Å². The molecule has 0 aliphatic heterocycles. The first-order valence-electron chi connectivity index (χ1n) is 5.40. The first-order valence-corrected chi connectivity index (χ1v) is 5.40. The highest BCUT2D eigenvalue weighted by molar-refractivity contribution is 5.75. The summed E-state index contributed by atoms with van der Waals surface area (Å²) in [6.45, 7) is 6.10. The Hall–Kier alpha value is -1.51. The fraction of sp³-hybridized carbons (Fsp3) is 0.417. The Morgan fingerprint density at radius 3 is 2.60 bits per heavy atom. The molecule has 0 aliphatic carbocycles. The van der Waals surface area contributed by atoms with Crippen molar-refractivity contribution in [3.8, 4) is 0 Å². The summed E-state index contributed by atoms with van der Waals surface area (Å²) in [5, 5.41) is 0. The van der Waals surface area contributed by atoms with Crippen molar-refractivity contribution in [3.05, 3.63) is 34.2 Å². The van der Waals surface area contributed by atoms with Crippen LogP contribution in [-0.4, -0.2) is 9.55 Å². The van der Waals surface area contributed by atoms with Crippen LogP contribution in [0.15, 0.2) is 23.0 Å². The minimum Gasteiger partial charge on any atom is -0.306 e. The summed E-state index contributed by atoms with van der Waals surface area (Å²) >= 11 is 0. The molecular weight excluding hydrogens is 188 g/mol.